The fourth-order valence-electron chi connectivity index (χ4n) is 3.74. The molecule has 1 amide bonds. The average Bonchev–Trinajstić information content (AvgIpc) is 3.21. The van der Waals surface area contributed by atoms with Gasteiger partial charge in [-0.2, -0.15) is 45.5 Å². The first-order chi connectivity index (χ1) is 17.1. The summed E-state index contributed by atoms with van der Waals surface area (Å²) < 4.78 is 108. The number of hydrogen-bond donors (Lipinski definition) is 0. The van der Waals surface area contributed by atoms with Crippen LogP contribution in [0.15, 0.2) is 12.3 Å². The number of alkyl halides is 8. The Labute approximate surface area is 206 Å². The fourth-order valence-corrected chi connectivity index (χ4v) is 4.64. The van der Waals surface area contributed by atoms with Crippen LogP contribution in [0.5, 0.6) is 0 Å². The molecule has 3 heterocycles. The van der Waals surface area contributed by atoms with Gasteiger partial charge in [-0.25, -0.2) is 9.36 Å². The second-order valence-electron chi connectivity index (χ2n) is 8.08. The Balaban J connectivity index is 1.79. The van der Waals surface area contributed by atoms with Crippen molar-refractivity contribution in [3.63, 3.8) is 0 Å². The Morgan fingerprint density at radius 2 is 1.86 bits per heavy atom. The number of aryl methyl sites for hydroxylation is 1. The van der Waals surface area contributed by atoms with Crippen molar-refractivity contribution in [2.24, 2.45) is 7.05 Å². The van der Waals surface area contributed by atoms with Gasteiger partial charge in [-0.15, -0.1) is 16.4 Å². The zero-order valence-corrected chi connectivity index (χ0v) is 19.6. The number of aromatic nitrogens is 5. The topological polar surface area (TPSA) is 92.6 Å². The Hall–Kier alpha value is -3.55. The van der Waals surface area contributed by atoms with Crippen molar-refractivity contribution in [2.75, 3.05) is 6.54 Å². The molecule has 0 atom stereocenters. The molecule has 37 heavy (non-hydrogen) atoms. The van der Waals surface area contributed by atoms with Gasteiger partial charge >= 0.3 is 18.3 Å². The Kier molecular flexibility index (Phi) is 6.29. The number of hydrogen-bond acceptors (Lipinski definition) is 6. The Morgan fingerprint density at radius 3 is 2.38 bits per heavy atom. The molecular weight excluding hydrogens is 538 g/mol. The monoisotopic (exact) mass is 553 g/mol. The number of nitriles is 1. The van der Waals surface area contributed by atoms with Crippen LogP contribution in [0, 0.1) is 11.3 Å². The van der Waals surface area contributed by atoms with E-state index in [1.54, 1.807) is 11.8 Å². The first-order valence-corrected chi connectivity index (χ1v) is 11.3. The first-order valence-electron chi connectivity index (χ1n) is 10.5. The van der Waals surface area contributed by atoms with Gasteiger partial charge in [-0.1, -0.05) is 5.21 Å². The maximum Gasteiger partial charge on any atom is 0.459 e. The third-order valence-corrected chi connectivity index (χ3v) is 6.63. The van der Waals surface area contributed by atoms with Crippen LogP contribution in [-0.4, -0.2) is 54.3 Å². The molecule has 1 saturated carbocycles. The molecule has 0 saturated heterocycles. The maximum absolute atomic E-state index is 13.9. The molecule has 1 aliphatic rings. The molecule has 0 unspecified atom stereocenters. The van der Waals surface area contributed by atoms with Crippen LogP contribution in [0.3, 0.4) is 0 Å². The molecule has 3 aromatic heterocycles. The van der Waals surface area contributed by atoms with Crippen LogP contribution >= 0.6 is 11.3 Å². The van der Waals surface area contributed by atoms with Gasteiger partial charge < -0.3 is 4.90 Å². The van der Waals surface area contributed by atoms with Crippen molar-refractivity contribution in [3.05, 3.63) is 34.0 Å². The molecular formula is C20H15F8N7OS. The van der Waals surface area contributed by atoms with E-state index in [1.807, 2.05) is 6.07 Å². The molecule has 0 aromatic carbocycles. The van der Waals surface area contributed by atoms with Crippen LogP contribution in [0.25, 0.3) is 16.4 Å². The van der Waals surface area contributed by atoms with Gasteiger partial charge in [0, 0.05) is 19.6 Å². The van der Waals surface area contributed by atoms with Crippen molar-refractivity contribution < 1.29 is 39.9 Å². The zero-order valence-electron chi connectivity index (χ0n) is 18.8. The van der Waals surface area contributed by atoms with Gasteiger partial charge in [0.2, 0.25) is 0 Å². The van der Waals surface area contributed by atoms with Gasteiger partial charge in [0.1, 0.15) is 22.2 Å². The lowest BCUT2D eigenvalue weighted by Gasteiger charge is -2.19. The Morgan fingerprint density at radius 1 is 1.22 bits per heavy atom. The van der Waals surface area contributed by atoms with Gasteiger partial charge in [-0.3, -0.25) is 4.79 Å². The van der Waals surface area contributed by atoms with Crippen LogP contribution in [0.1, 0.15) is 46.3 Å². The molecule has 1 fully saturated rings. The second-order valence-corrected chi connectivity index (χ2v) is 9.13. The zero-order chi connectivity index (χ0) is 27.5. The Bertz CT molecular complexity index is 1390. The van der Waals surface area contributed by atoms with Crippen LogP contribution in [-0.2, 0) is 19.1 Å². The van der Waals surface area contributed by atoms with Crippen LogP contribution < -0.4 is 0 Å². The molecule has 0 N–H and O–H groups in total. The van der Waals surface area contributed by atoms with E-state index in [9.17, 15) is 45.2 Å². The SMILES string of the molecule is CCN(C(=O)c1cc(-c2cn(-c3c(C(F)(F)F)c(C(F)(F)C(F)(F)F)nn3C)nn2)sc1C#N)C1CC1. The summed E-state index contributed by atoms with van der Waals surface area (Å²) in [6, 6.07) is 3.23. The molecule has 4 rings (SSSR count). The highest BCUT2D eigenvalue weighted by Crippen LogP contribution is 2.49. The third-order valence-electron chi connectivity index (χ3n) is 5.57. The lowest BCUT2D eigenvalue weighted by molar-refractivity contribution is -0.292. The van der Waals surface area contributed by atoms with Crippen molar-refractivity contribution >= 4 is 17.2 Å². The van der Waals surface area contributed by atoms with E-state index in [2.05, 4.69) is 15.4 Å². The van der Waals surface area contributed by atoms with E-state index < -0.39 is 41.3 Å². The van der Waals surface area contributed by atoms with Gasteiger partial charge in [0.15, 0.2) is 11.5 Å². The summed E-state index contributed by atoms with van der Waals surface area (Å²) in [6.07, 6.45) is -9.53. The molecule has 0 spiro atoms. The third kappa shape index (κ3) is 4.54. The summed E-state index contributed by atoms with van der Waals surface area (Å²) in [5.74, 6) is -7.56. The summed E-state index contributed by atoms with van der Waals surface area (Å²) in [4.78, 5) is 14.7. The highest BCUT2D eigenvalue weighted by atomic mass is 32.1. The summed E-state index contributed by atoms with van der Waals surface area (Å²) >= 11 is 0.798. The van der Waals surface area contributed by atoms with Crippen LogP contribution in [0.2, 0.25) is 0 Å². The molecule has 3 aromatic rings. The minimum atomic E-state index is -6.34. The van der Waals surface area contributed by atoms with E-state index in [1.165, 1.54) is 6.07 Å². The van der Waals surface area contributed by atoms with E-state index in [4.69, 9.17) is 0 Å². The fraction of sp³-hybridized carbons (Fsp3) is 0.450. The molecule has 0 bridgehead atoms. The first kappa shape index (κ1) is 26.5. The molecule has 1 aliphatic carbocycles. The quantitative estimate of drug-likeness (QED) is 0.405. The number of nitrogens with zero attached hydrogens (tertiary/aromatic N) is 7. The number of rotatable bonds is 6. The van der Waals surface area contributed by atoms with E-state index in [-0.39, 0.29) is 31.7 Å². The predicted molar refractivity (Wildman–Crippen MR) is 111 cm³/mol. The number of carbonyl (C=O) groups excluding carboxylic acids is 1. The van der Waals surface area contributed by atoms with E-state index in [0.29, 0.717) is 11.2 Å². The number of halogens is 8. The standard InChI is InChI=1S/C20H15F8N7OS/c1-3-34(9-4-5-9)17(36)10-6-12(37-13(10)7-29)11-8-35(32-30-11)16-14(19(23,24)25)15(31-33(16)2)18(21,22)20(26,27)28/h6,8-9H,3-5H2,1-2H3. The number of carbonyl (C=O) groups is 1. The summed E-state index contributed by atoms with van der Waals surface area (Å²) in [6.45, 7) is 2.16. The summed E-state index contributed by atoms with van der Waals surface area (Å²) in [7, 11) is 0.745. The van der Waals surface area contributed by atoms with Crippen molar-refractivity contribution in [1.82, 2.24) is 29.7 Å². The number of amides is 1. The highest BCUT2D eigenvalue weighted by Gasteiger charge is 2.64. The molecule has 198 valence electrons. The largest absolute Gasteiger partial charge is 0.459 e. The van der Waals surface area contributed by atoms with Crippen molar-refractivity contribution in [1.29, 1.82) is 5.26 Å². The lowest BCUT2D eigenvalue weighted by atomic mass is 10.1. The average molecular weight is 553 g/mol. The molecule has 0 aliphatic heterocycles. The minimum absolute atomic E-state index is 0.0114. The number of thiophene rings is 1. The van der Waals surface area contributed by atoms with Gasteiger partial charge in [0.05, 0.1) is 16.6 Å². The normalized spacial score (nSPS) is 14.6. The highest BCUT2D eigenvalue weighted by molar-refractivity contribution is 7.16. The van der Waals surface area contributed by atoms with E-state index in [0.717, 1.165) is 37.4 Å². The smallest absolute Gasteiger partial charge is 0.336 e. The summed E-state index contributed by atoms with van der Waals surface area (Å²) in [5.41, 5.74) is -4.96. The predicted octanol–water partition coefficient (Wildman–Crippen LogP) is 4.90. The van der Waals surface area contributed by atoms with Gasteiger partial charge in [0.25, 0.3) is 5.91 Å². The van der Waals surface area contributed by atoms with Crippen LogP contribution in [0.4, 0.5) is 35.1 Å². The minimum Gasteiger partial charge on any atom is -0.336 e. The maximum atomic E-state index is 13.9. The lowest BCUT2D eigenvalue weighted by Crippen LogP contribution is -2.36. The van der Waals surface area contributed by atoms with Crippen molar-refractivity contribution in [2.45, 2.75) is 44.1 Å². The second kappa shape index (κ2) is 8.78. The van der Waals surface area contributed by atoms with Crippen molar-refractivity contribution in [3.8, 4) is 22.5 Å². The summed E-state index contributed by atoms with van der Waals surface area (Å²) in [5, 5.41) is 19.4. The molecule has 8 nitrogen and oxygen atoms in total. The molecule has 0 radical (unpaired) electrons. The van der Waals surface area contributed by atoms with Gasteiger partial charge in [-0.05, 0) is 25.8 Å². The van der Waals surface area contributed by atoms with E-state index >= 15 is 0 Å². The molecule has 17 heteroatoms.